The van der Waals surface area contributed by atoms with E-state index in [2.05, 4.69) is 5.32 Å². The molecule has 0 radical (unpaired) electrons. The molecule has 0 aromatic heterocycles. The third kappa shape index (κ3) is 5.21. The van der Waals surface area contributed by atoms with Gasteiger partial charge in [-0.25, -0.2) is 4.39 Å². The number of hydrogen-bond donors (Lipinski definition) is 1. The molecule has 0 aliphatic rings. The van der Waals surface area contributed by atoms with Crippen molar-refractivity contribution < 1.29 is 18.7 Å². The maximum absolute atomic E-state index is 13.9. The van der Waals surface area contributed by atoms with Crippen LogP contribution < -0.4 is 5.32 Å². The minimum atomic E-state index is -1.12. The van der Waals surface area contributed by atoms with Gasteiger partial charge in [0, 0.05) is 5.02 Å². The van der Waals surface area contributed by atoms with Crippen molar-refractivity contribution in [2.75, 3.05) is 5.32 Å². The molecule has 3 rings (SSSR count). The van der Waals surface area contributed by atoms with Crippen molar-refractivity contribution >= 4 is 29.2 Å². The van der Waals surface area contributed by atoms with Gasteiger partial charge >= 0.3 is 5.97 Å². The van der Waals surface area contributed by atoms with Crippen LogP contribution in [-0.2, 0) is 14.3 Å². The van der Waals surface area contributed by atoms with Gasteiger partial charge in [-0.2, -0.15) is 0 Å². The summed E-state index contributed by atoms with van der Waals surface area (Å²) < 4.78 is 19.3. The predicted molar refractivity (Wildman–Crippen MR) is 110 cm³/mol. The zero-order chi connectivity index (χ0) is 20.8. The summed E-state index contributed by atoms with van der Waals surface area (Å²) in [6, 6.07) is 22.2. The lowest BCUT2D eigenvalue weighted by Crippen LogP contribution is -2.32. The second kappa shape index (κ2) is 9.34. The van der Waals surface area contributed by atoms with Crippen LogP contribution in [0.15, 0.2) is 78.9 Å². The molecular formula is C23H19ClFNO3. The largest absolute Gasteiger partial charge is 0.452 e. The van der Waals surface area contributed by atoms with Crippen LogP contribution >= 0.6 is 11.6 Å². The highest BCUT2D eigenvalue weighted by Gasteiger charge is 2.28. The van der Waals surface area contributed by atoms with Crippen molar-refractivity contribution in [2.24, 2.45) is 0 Å². The van der Waals surface area contributed by atoms with E-state index >= 15 is 0 Å². The molecule has 0 spiro atoms. The Bertz CT molecular complexity index is 956. The second-order valence-corrected chi connectivity index (χ2v) is 6.88. The molecule has 6 heteroatoms. The lowest BCUT2D eigenvalue weighted by Gasteiger charge is -2.20. The topological polar surface area (TPSA) is 55.4 Å². The molecule has 1 unspecified atom stereocenters. The Hall–Kier alpha value is -3.18. The fourth-order valence-electron chi connectivity index (χ4n) is 2.88. The molecule has 1 amide bonds. The molecule has 3 aromatic rings. The molecule has 0 fully saturated rings. The average Bonchev–Trinajstić information content (AvgIpc) is 2.71. The van der Waals surface area contributed by atoms with E-state index in [9.17, 15) is 14.0 Å². The summed E-state index contributed by atoms with van der Waals surface area (Å²) in [6.07, 6.45) is -1.12. The van der Waals surface area contributed by atoms with Crippen molar-refractivity contribution in [1.29, 1.82) is 0 Å². The Morgan fingerprint density at radius 3 is 2.00 bits per heavy atom. The Balaban J connectivity index is 1.76. The van der Waals surface area contributed by atoms with Crippen LogP contribution in [0.3, 0.4) is 0 Å². The number of carbonyl (C=O) groups excluding carboxylic acids is 2. The molecule has 0 aliphatic carbocycles. The molecule has 29 heavy (non-hydrogen) atoms. The van der Waals surface area contributed by atoms with E-state index in [1.54, 1.807) is 0 Å². The normalized spacial score (nSPS) is 11.7. The van der Waals surface area contributed by atoms with Crippen LogP contribution in [0.5, 0.6) is 0 Å². The molecule has 0 aliphatic heterocycles. The number of anilines is 1. The van der Waals surface area contributed by atoms with Crippen LogP contribution in [0.25, 0.3) is 0 Å². The monoisotopic (exact) mass is 411 g/mol. The first-order valence-electron chi connectivity index (χ1n) is 9.02. The third-order valence-corrected chi connectivity index (χ3v) is 4.59. The summed E-state index contributed by atoms with van der Waals surface area (Å²) in [5.74, 6) is -2.56. The number of benzene rings is 3. The van der Waals surface area contributed by atoms with E-state index in [0.717, 1.165) is 17.2 Å². The Kier molecular flexibility index (Phi) is 6.62. The smallest absolute Gasteiger partial charge is 0.318 e. The molecule has 148 valence electrons. The van der Waals surface area contributed by atoms with Crippen molar-refractivity contribution in [3.63, 3.8) is 0 Å². The SMILES string of the molecule is CC(OC(=O)C(c1ccccc1)c1ccccc1)C(=O)Nc1ccc(Cl)cc1F. The number of carbonyl (C=O) groups is 2. The van der Waals surface area contributed by atoms with Crippen LogP contribution in [0.2, 0.25) is 5.02 Å². The van der Waals surface area contributed by atoms with Gasteiger partial charge in [-0.05, 0) is 36.2 Å². The third-order valence-electron chi connectivity index (χ3n) is 4.35. The quantitative estimate of drug-likeness (QED) is 0.568. The maximum Gasteiger partial charge on any atom is 0.318 e. The van der Waals surface area contributed by atoms with Gasteiger partial charge in [-0.15, -0.1) is 0 Å². The van der Waals surface area contributed by atoms with E-state index in [1.807, 2.05) is 60.7 Å². The van der Waals surface area contributed by atoms with Gasteiger partial charge in [-0.1, -0.05) is 72.3 Å². The summed E-state index contributed by atoms with van der Waals surface area (Å²) >= 11 is 5.71. The predicted octanol–water partition coefficient (Wildman–Crippen LogP) is 5.18. The molecule has 1 N–H and O–H groups in total. The zero-order valence-electron chi connectivity index (χ0n) is 15.6. The summed E-state index contributed by atoms with van der Waals surface area (Å²) in [7, 11) is 0. The van der Waals surface area contributed by atoms with E-state index in [-0.39, 0.29) is 10.7 Å². The summed E-state index contributed by atoms with van der Waals surface area (Å²) in [5.41, 5.74) is 1.46. The highest BCUT2D eigenvalue weighted by molar-refractivity contribution is 6.30. The van der Waals surface area contributed by atoms with Crippen molar-refractivity contribution in [1.82, 2.24) is 0 Å². The van der Waals surface area contributed by atoms with Gasteiger partial charge in [0.05, 0.1) is 5.69 Å². The fraction of sp³-hybridized carbons (Fsp3) is 0.130. The Labute approximate surface area is 173 Å². The fourth-order valence-corrected chi connectivity index (χ4v) is 3.04. The van der Waals surface area contributed by atoms with E-state index in [1.165, 1.54) is 19.1 Å². The minimum Gasteiger partial charge on any atom is -0.452 e. The first-order chi connectivity index (χ1) is 14.0. The van der Waals surface area contributed by atoms with Crippen molar-refractivity contribution in [3.8, 4) is 0 Å². The van der Waals surface area contributed by atoms with Gasteiger partial charge in [0.2, 0.25) is 0 Å². The van der Waals surface area contributed by atoms with E-state index in [4.69, 9.17) is 16.3 Å². The molecular weight excluding hydrogens is 393 g/mol. The minimum absolute atomic E-state index is 0.0371. The van der Waals surface area contributed by atoms with Crippen molar-refractivity contribution in [3.05, 3.63) is 101 Å². The van der Waals surface area contributed by atoms with Crippen molar-refractivity contribution in [2.45, 2.75) is 18.9 Å². The first kappa shape index (κ1) is 20.6. The first-order valence-corrected chi connectivity index (χ1v) is 9.40. The Morgan fingerprint density at radius 2 is 1.48 bits per heavy atom. The van der Waals surface area contributed by atoms with Crippen LogP contribution in [0, 0.1) is 5.82 Å². The van der Waals surface area contributed by atoms with Gasteiger partial charge in [0.1, 0.15) is 11.7 Å². The second-order valence-electron chi connectivity index (χ2n) is 6.45. The zero-order valence-corrected chi connectivity index (χ0v) is 16.4. The van der Waals surface area contributed by atoms with Crippen LogP contribution in [-0.4, -0.2) is 18.0 Å². The van der Waals surface area contributed by atoms with Gasteiger partial charge < -0.3 is 10.1 Å². The number of hydrogen-bond acceptors (Lipinski definition) is 3. The molecule has 4 nitrogen and oxygen atoms in total. The summed E-state index contributed by atoms with van der Waals surface area (Å²) in [4.78, 5) is 25.3. The van der Waals surface area contributed by atoms with Crippen LogP contribution in [0.4, 0.5) is 10.1 Å². The molecule has 0 bridgehead atoms. The molecule has 0 heterocycles. The number of ether oxygens (including phenoxy) is 1. The number of nitrogens with one attached hydrogen (secondary N) is 1. The average molecular weight is 412 g/mol. The highest BCUT2D eigenvalue weighted by atomic mass is 35.5. The number of esters is 1. The summed E-state index contributed by atoms with van der Waals surface area (Å²) in [5, 5.41) is 2.63. The van der Waals surface area contributed by atoms with Gasteiger partial charge in [0.25, 0.3) is 5.91 Å². The number of halogens is 2. The molecule has 3 aromatic carbocycles. The lowest BCUT2D eigenvalue weighted by atomic mass is 9.91. The maximum atomic E-state index is 13.9. The van der Waals surface area contributed by atoms with Gasteiger partial charge in [-0.3, -0.25) is 9.59 Å². The summed E-state index contributed by atoms with van der Waals surface area (Å²) in [6.45, 7) is 1.44. The molecule has 0 saturated heterocycles. The highest BCUT2D eigenvalue weighted by Crippen LogP contribution is 2.27. The Morgan fingerprint density at radius 1 is 0.931 bits per heavy atom. The van der Waals surface area contributed by atoms with E-state index < -0.39 is 29.7 Å². The van der Waals surface area contributed by atoms with Gasteiger partial charge in [0.15, 0.2) is 6.10 Å². The molecule has 0 saturated carbocycles. The lowest BCUT2D eigenvalue weighted by molar-refractivity contribution is -0.153. The number of rotatable bonds is 6. The van der Waals surface area contributed by atoms with Crippen LogP contribution in [0.1, 0.15) is 24.0 Å². The number of amides is 1. The van der Waals surface area contributed by atoms with E-state index in [0.29, 0.717) is 0 Å². The molecule has 1 atom stereocenters. The standard InChI is InChI=1S/C23H19ClFNO3/c1-15(22(27)26-20-13-12-18(24)14-19(20)25)29-23(28)21(16-8-4-2-5-9-16)17-10-6-3-7-11-17/h2-15,21H,1H3,(H,26,27).